The first kappa shape index (κ1) is 10.4. The number of anilines is 1. The van der Waals surface area contributed by atoms with Crippen LogP contribution in [0, 0.1) is 0 Å². The Kier molecular flexibility index (Phi) is 3.85. The van der Waals surface area contributed by atoms with Gasteiger partial charge in [-0.2, -0.15) is 0 Å². The van der Waals surface area contributed by atoms with Crippen molar-refractivity contribution >= 4 is 11.6 Å². The number of rotatable bonds is 3. The Labute approximate surface area is 83.9 Å². The van der Waals surface area contributed by atoms with E-state index in [0.29, 0.717) is 0 Å². The Morgan fingerprint density at radius 1 is 1.64 bits per heavy atom. The van der Waals surface area contributed by atoms with E-state index in [2.05, 4.69) is 10.3 Å². The molecule has 1 rings (SSSR count). The van der Waals surface area contributed by atoms with Gasteiger partial charge in [-0.05, 0) is 25.5 Å². The maximum absolute atomic E-state index is 11.5. The van der Waals surface area contributed by atoms with E-state index in [1.807, 2.05) is 19.1 Å². The summed E-state index contributed by atoms with van der Waals surface area (Å²) >= 11 is 0. The Bertz CT molecular complexity index is 330. The zero-order valence-corrected chi connectivity index (χ0v) is 8.45. The third-order valence-corrected chi connectivity index (χ3v) is 1.79. The summed E-state index contributed by atoms with van der Waals surface area (Å²) in [5.74, 6) is -0.0696. The van der Waals surface area contributed by atoms with Gasteiger partial charge in [0.25, 0.3) is 5.91 Å². The molecule has 3 heteroatoms. The largest absolute Gasteiger partial charge is 0.321 e. The van der Waals surface area contributed by atoms with Crippen LogP contribution in [0.4, 0.5) is 5.69 Å². The van der Waals surface area contributed by atoms with Gasteiger partial charge in [-0.3, -0.25) is 9.78 Å². The number of carbonyl (C=O) groups excluding carboxylic acids is 1. The smallest absolute Gasteiger partial charge is 0.251 e. The molecular weight excluding hydrogens is 176 g/mol. The highest BCUT2D eigenvalue weighted by Crippen LogP contribution is 2.05. The van der Waals surface area contributed by atoms with Gasteiger partial charge in [-0.15, -0.1) is 0 Å². The lowest BCUT2D eigenvalue weighted by Gasteiger charge is -2.03. The molecule has 0 spiro atoms. The molecule has 1 amide bonds. The van der Waals surface area contributed by atoms with Gasteiger partial charge in [0.15, 0.2) is 0 Å². The average Bonchev–Trinajstić information content (AvgIpc) is 2.19. The molecule has 0 radical (unpaired) electrons. The molecule has 0 atom stereocenters. The van der Waals surface area contributed by atoms with Gasteiger partial charge in [0.2, 0.25) is 0 Å². The number of nitrogens with zero attached hydrogens (tertiary/aromatic N) is 1. The zero-order chi connectivity index (χ0) is 10.4. The first-order chi connectivity index (χ1) is 6.74. The second-order valence-corrected chi connectivity index (χ2v) is 2.99. The molecular formula is C11H14N2O. The number of allylic oxidation sites excluding steroid dienone is 1. The predicted octanol–water partition coefficient (Wildman–Crippen LogP) is 2.38. The first-order valence-corrected chi connectivity index (χ1v) is 4.62. The van der Waals surface area contributed by atoms with Gasteiger partial charge in [-0.1, -0.05) is 13.0 Å². The number of hydrogen-bond donors (Lipinski definition) is 1. The van der Waals surface area contributed by atoms with E-state index in [9.17, 15) is 4.79 Å². The van der Waals surface area contributed by atoms with Crippen molar-refractivity contribution < 1.29 is 4.79 Å². The van der Waals surface area contributed by atoms with Crippen LogP contribution in [-0.2, 0) is 4.79 Å². The van der Waals surface area contributed by atoms with E-state index in [1.165, 1.54) is 0 Å². The topological polar surface area (TPSA) is 42.0 Å². The Balaban J connectivity index is 2.62. The van der Waals surface area contributed by atoms with Crippen molar-refractivity contribution in [3.05, 3.63) is 36.2 Å². The lowest BCUT2D eigenvalue weighted by atomic mass is 10.2. The van der Waals surface area contributed by atoms with Gasteiger partial charge in [0, 0.05) is 11.8 Å². The molecule has 3 nitrogen and oxygen atoms in total. The van der Waals surface area contributed by atoms with E-state index in [-0.39, 0.29) is 5.91 Å². The van der Waals surface area contributed by atoms with Crippen LogP contribution in [0.25, 0.3) is 0 Å². The molecule has 14 heavy (non-hydrogen) atoms. The summed E-state index contributed by atoms with van der Waals surface area (Å²) < 4.78 is 0. The van der Waals surface area contributed by atoms with Crippen molar-refractivity contribution in [2.75, 3.05) is 5.32 Å². The van der Waals surface area contributed by atoms with Crippen LogP contribution in [0.3, 0.4) is 0 Å². The van der Waals surface area contributed by atoms with Crippen molar-refractivity contribution in [1.29, 1.82) is 0 Å². The summed E-state index contributed by atoms with van der Waals surface area (Å²) in [6.45, 7) is 3.80. The predicted molar refractivity (Wildman–Crippen MR) is 56.9 cm³/mol. The van der Waals surface area contributed by atoms with Crippen LogP contribution in [-0.4, -0.2) is 10.9 Å². The maximum atomic E-state index is 11.5. The molecule has 1 heterocycles. The third kappa shape index (κ3) is 3.01. The highest BCUT2D eigenvalue weighted by atomic mass is 16.1. The molecule has 74 valence electrons. The number of pyridine rings is 1. The van der Waals surface area contributed by atoms with Crippen LogP contribution in [0.1, 0.15) is 20.3 Å². The first-order valence-electron chi connectivity index (χ1n) is 4.62. The SMILES string of the molecule is CC/C=C(\C)C(=O)Nc1cccnc1. The number of hydrogen-bond acceptors (Lipinski definition) is 2. The second kappa shape index (κ2) is 5.17. The standard InChI is InChI=1S/C11H14N2O/c1-3-5-9(2)11(14)13-10-6-4-7-12-8-10/h4-8H,3H2,1-2H3,(H,13,14)/b9-5+. The fourth-order valence-corrected chi connectivity index (χ4v) is 1.07. The number of nitrogens with one attached hydrogen (secondary N) is 1. The van der Waals surface area contributed by atoms with E-state index in [0.717, 1.165) is 17.7 Å². The van der Waals surface area contributed by atoms with Crippen molar-refractivity contribution in [3.8, 4) is 0 Å². The Morgan fingerprint density at radius 3 is 3.00 bits per heavy atom. The highest BCUT2D eigenvalue weighted by Gasteiger charge is 2.02. The normalized spacial score (nSPS) is 11.1. The molecule has 0 aliphatic carbocycles. The van der Waals surface area contributed by atoms with Crippen molar-refractivity contribution in [2.45, 2.75) is 20.3 Å². The van der Waals surface area contributed by atoms with Gasteiger partial charge in [0.05, 0.1) is 11.9 Å². The van der Waals surface area contributed by atoms with Crippen LogP contribution in [0.15, 0.2) is 36.2 Å². The van der Waals surface area contributed by atoms with E-state index < -0.39 is 0 Å². The van der Waals surface area contributed by atoms with Crippen molar-refractivity contribution in [1.82, 2.24) is 4.98 Å². The van der Waals surface area contributed by atoms with E-state index >= 15 is 0 Å². The summed E-state index contributed by atoms with van der Waals surface area (Å²) in [4.78, 5) is 15.4. The molecule has 0 saturated heterocycles. The number of aromatic nitrogens is 1. The lowest BCUT2D eigenvalue weighted by molar-refractivity contribution is -0.112. The quantitative estimate of drug-likeness (QED) is 0.743. The second-order valence-electron chi connectivity index (χ2n) is 2.99. The number of amides is 1. The van der Waals surface area contributed by atoms with Gasteiger partial charge in [0.1, 0.15) is 0 Å². The van der Waals surface area contributed by atoms with Crippen molar-refractivity contribution in [3.63, 3.8) is 0 Å². The zero-order valence-electron chi connectivity index (χ0n) is 8.45. The molecule has 0 bridgehead atoms. The third-order valence-electron chi connectivity index (χ3n) is 1.79. The van der Waals surface area contributed by atoms with Crippen molar-refractivity contribution in [2.24, 2.45) is 0 Å². The fourth-order valence-electron chi connectivity index (χ4n) is 1.07. The lowest BCUT2D eigenvalue weighted by Crippen LogP contribution is -2.12. The summed E-state index contributed by atoms with van der Waals surface area (Å²) in [7, 11) is 0. The molecule has 0 aliphatic heterocycles. The summed E-state index contributed by atoms with van der Waals surface area (Å²) in [6, 6.07) is 3.60. The molecule has 0 aliphatic rings. The monoisotopic (exact) mass is 190 g/mol. The van der Waals surface area contributed by atoms with Gasteiger partial charge < -0.3 is 5.32 Å². The molecule has 0 unspecified atom stereocenters. The molecule has 0 fully saturated rings. The fraction of sp³-hybridized carbons (Fsp3) is 0.273. The summed E-state index contributed by atoms with van der Waals surface area (Å²) in [5.41, 5.74) is 1.46. The van der Waals surface area contributed by atoms with Gasteiger partial charge >= 0.3 is 0 Å². The summed E-state index contributed by atoms with van der Waals surface area (Å²) in [5, 5.41) is 2.76. The molecule has 1 N–H and O–H groups in total. The van der Waals surface area contributed by atoms with Crippen LogP contribution < -0.4 is 5.32 Å². The molecule has 0 saturated carbocycles. The highest BCUT2D eigenvalue weighted by molar-refractivity contribution is 6.03. The minimum Gasteiger partial charge on any atom is -0.321 e. The minimum atomic E-state index is -0.0696. The molecule has 0 aromatic carbocycles. The maximum Gasteiger partial charge on any atom is 0.251 e. The van der Waals surface area contributed by atoms with Crippen LogP contribution in [0.2, 0.25) is 0 Å². The average molecular weight is 190 g/mol. The Morgan fingerprint density at radius 2 is 2.43 bits per heavy atom. The van der Waals surface area contributed by atoms with E-state index in [4.69, 9.17) is 0 Å². The van der Waals surface area contributed by atoms with Gasteiger partial charge in [-0.25, -0.2) is 0 Å². The molecule has 1 aromatic heterocycles. The van der Waals surface area contributed by atoms with Crippen LogP contribution in [0.5, 0.6) is 0 Å². The molecule has 1 aromatic rings. The number of carbonyl (C=O) groups is 1. The van der Waals surface area contributed by atoms with E-state index in [1.54, 1.807) is 25.4 Å². The van der Waals surface area contributed by atoms with Crippen LogP contribution >= 0.6 is 0 Å². The Hall–Kier alpha value is -1.64. The minimum absolute atomic E-state index is 0.0696. The summed E-state index contributed by atoms with van der Waals surface area (Å²) in [6.07, 6.45) is 6.06.